The highest BCUT2D eigenvalue weighted by Gasteiger charge is 2.35. The highest BCUT2D eigenvalue weighted by molar-refractivity contribution is 5.96. The lowest BCUT2D eigenvalue weighted by molar-refractivity contribution is 0.323. The lowest BCUT2D eigenvalue weighted by Gasteiger charge is -2.31. The lowest BCUT2D eigenvalue weighted by Crippen LogP contribution is -2.20. The van der Waals surface area contributed by atoms with Gasteiger partial charge in [-0.25, -0.2) is 4.98 Å². The van der Waals surface area contributed by atoms with E-state index in [1.54, 1.807) is 19.2 Å². The van der Waals surface area contributed by atoms with Crippen molar-refractivity contribution in [1.29, 1.82) is 10.5 Å². The van der Waals surface area contributed by atoms with Crippen LogP contribution in [0.4, 0.5) is 5.69 Å². The summed E-state index contributed by atoms with van der Waals surface area (Å²) in [5.74, 6) is 0.589. The molecule has 0 amide bonds. The van der Waals surface area contributed by atoms with Crippen molar-refractivity contribution < 1.29 is 9.47 Å². The number of aromatic nitrogens is 1. The number of hydrogen-bond donors (Lipinski definition) is 1. The Kier molecular flexibility index (Phi) is 5.00. The number of nitriles is 2. The van der Waals surface area contributed by atoms with Gasteiger partial charge in [0.2, 0.25) is 5.88 Å². The summed E-state index contributed by atoms with van der Waals surface area (Å²) in [6, 6.07) is 17.6. The Labute approximate surface area is 175 Å². The number of hydrogen-bond acceptors (Lipinski definition) is 6. The van der Waals surface area contributed by atoms with Crippen molar-refractivity contribution in [3.63, 3.8) is 0 Å². The summed E-state index contributed by atoms with van der Waals surface area (Å²) in [7, 11) is 1.56. The van der Waals surface area contributed by atoms with Gasteiger partial charge in [0, 0.05) is 16.6 Å². The molecule has 1 aliphatic rings. The van der Waals surface area contributed by atoms with Gasteiger partial charge in [0.1, 0.15) is 5.75 Å². The molecule has 3 aromatic rings. The largest absolute Gasteiger partial charge is 0.496 e. The van der Waals surface area contributed by atoms with Crippen LogP contribution >= 0.6 is 0 Å². The van der Waals surface area contributed by atoms with Crippen LogP contribution in [0.25, 0.3) is 10.9 Å². The average molecular weight is 396 g/mol. The number of methoxy groups -OCH3 is 1. The molecule has 0 spiro atoms. The molecular weight excluding hydrogens is 376 g/mol. The van der Waals surface area contributed by atoms with Crippen molar-refractivity contribution in [3.05, 3.63) is 70.4 Å². The average Bonchev–Trinajstić information content (AvgIpc) is 2.78. The van der Waals surface area contributed by atoms with E-state index >= 15 is 0 Å². The van der Waals surface area contributed by atoms with E-state index in [1.165, 1.54) is 0 Å². The van der Waals surface area contributed by atoms with Gasteiger partial charge in [0.15, 0.2) is 0 Å². The number of ether oxygens (including phenoxy) is 2. The zero-order valence-corrected chi connectivity index (χ0v) is 17.0. The fourth-order valence-corrected chi connectivity index (χ4v) is 3.95. The first-order valence-corrected chi connectivity index (χ1v) is 9.64. The number of fused-ring (bicyclic) bond motifs is 3. The first-order valence-electron chi connectivity index (χ1n) is 9.64. The van der Waals surface area contributed by atoms with Crippen molar-refractivity contribution in [2.75, 3.05) is 19.0 Å². The smallest absolute Gasteiger partial charge is 0.220 e. The number of rotatable bonds is 4. The zero-order chi connectivity index (χ0) is 21.3. The van der Waals surface area contributed by atoms with E-state index in [9.17, 15) is 10.5 Å². The van der Waals surface area contributed by atoms with Crippen LogP contribution in [-0.2, 0) is 0 Å². The number of nitrogens with zero attached hydrogens (tertiary/aromatic N) is 3. The molecule has 0 aliphatic carbocycles. The van der Waals surface area contributed by atoms with Gasteiger partial charge in [-0.05, 0) is 32.0 Å². The summed E-state index contributed by atoms with van der Waals surface area (Å²) in [5, 5.41) is 23.7. The van der Waals surface area contributed by atoms with Gasteiger partial charge in [-0.1, -0.05) is 24.3 Å². The summed E-state index contributed by atoms with van der Waals surface area (Å²) in [4.78, 5) is 4.75. The number of anilines is 1. The van der Waals surface area contributed by atoms with E-state index in [4.69, 9.17) is 14.5 Å². The summed E-state index contributed by atoms with van der Waals surface area (Å²) in [6.45, 7) is 4.24. The van der Waals surface area contributed by atoms with Gasteiger partial charge in [-0.3, -0.25) is 0 Å². The molecule has 2 aromatic carbocycles. The quantitative estimate of drug-likeness (QED) is 0.677. The van der Waals surface area contributed by atoms with Crippen LogP contribution in [0.3, 0.4) is 0 Å². The second kappa shape index (κ2) is 7.77. The molecule has 4 rings (SSSR count). The van der Waals surface area contributed by atoms with Crippen LogP contribution < -0.4 is 14.8 Å². The Balaban J connectivity index is 2.09. The fourth-order valence-electron chi connectivity index (χ4n) is 3.95. The minimum atomic E-state index is -0.437. The Morgan fingerprint density at radius 3 is 2.63 bits per heavy atom. The first kappa shape index (κ1) is 19.3. The monoisotopic (exact) mass is 396 g/mol. The molecule has 0 fully saturated rings. The molecule has 0 saturated carbocycles. The molecule has 30 heavy (non-hydrogen) atoms. The third-order valence-corrected chi connectivity index (χ3v) is 5.26. The predicted octanol–water partition coefficient (Wildman–Crippen LogP) is 4.87. The predicted molar refractivity (Wildman–Crippen MR) is 114 cm³/mol. The molecule has 1 aromatic heterocycles. The zero-order valence-electron chi connectivity index (χ0n) is 17.0. The third-order valence-electron chi connectivity index (χ3n) is 5.26. The fraction of sp³-hybridized carbons (Fsp3) is 0.208. The Morgan fingerprint density at radius 2 is 1.93 bits per heavy atom. The topological polar surface area (TPSA) is 91.0 Å². The molecule has 1 unspecified atom stereocenters. The second-order valence-corrected chi connectivity index (χ2v) is 6.93. The summed E-state index contributed by atoms with van der Waals surface area (Å²) in [5.41, 5.74) is 5.08. The Bertz CT molecular complexity index is 1260. The minimum absolute atomic E-state index is 0.437. The highest BCUT2D eigenvalue weighted by Crippen LogP contribution is 2.49. The summed E-state index contributed by atoms with van der Waals surface area (Å²) in [6.07, 6.45) is 0. The summed E-state index contributed by atoms with van der Waals surface area (Å²) < 4.78 is 11.5. The standard InChI is InChI=1S/C24H20N4O2/c1-4-30-24-22-21(17-10-9-15(12-25)11-20(17)29-3)18(13-26)14(2)27-23(22)16-7-5-6-8-19(16)28-24/h5-11,21,27H,4H2,1-3H3. The van der Waals surface area contributed by atoms with Crippen molar-refractivity contribution in [2.24, 2.45) is 0 Å². The first-order chi connectivity index (χ1) is 14.6. The van der Waals surface area contributed by atoms with E-state index in [-0.39, 0.29) is 0 Å². The summed E-state index contributed by atoms with van der Waals surface area (Å²) >= 11 is 0. The van der Waals surface area contributed by atoms with Gasteiger partial charge in [-0.15, -0.1) is 0 Å². The molecular formula is C24H20N4O2. The van der Waals surface area contributed by atoms with Crippen LogP contribution in [-0.4, -0.2) is 18.7 Å². The maximum Gasteiger partial charge on any atom is 0.220 e. The van der Waals surface area contributed by atoms with E-state index in [0.29, 0.717) is 29.4 Å². The number of nitrogens with one attached hydrogen (secondary N) is 1. The normalized spacial score (nSPS) is 15.0. The van der Waals surface area contributed by atoms with Gasteiger partial charge in [-0.2, -0.15) is 10.5 Å². The second-order valence-electron chi connectivity index (χ2n) is 6.93. The SMILES string of the molecule is CCOc1nc2ccccc2c2c1C(c1ccc(C#N)cc1OC)C(C#N)=C(C)N2. The molecule has 6 heteroatoms. The van der Waals surface area contributed by atoms with Crippen LogP contribution in [0, 0.1) is 22.7 Å². The molecule has 1 aliphatic heterocycles. The van der Waals surface area contributed by atoms with Crippen LogP contribution in [0.1, 0.15) is 36.5 Å². The van der Waals surface area contributed by atoms with Crippen molar-refractivity contribution in [3.8, 4) is 23.8 Å². The molecule has 1 atom stereocenters. The third kappa shape index (κ3) is 3.00. The molecule has 0 saturated heterocycles. The Hall–Kier alpha value is -4.03. The maximum atomic E-state index is 10.0. The number of pyridine rings is 1. The molecule has 0 radical (unpaired) electrons. The van der Waals surface area contributed by atoms with E-state index in [1.807, 2.05) is 44.2 Å². The molecule has 148 valence electrons. The lowest BCUT2D eigenvalue weighted by atomic mass is 9.80. The van der Waals surface area contributed by atoms with E-state index in [2.05, 4.69) is 17.5 Å². The van der Waals surface area contributed by atoms with E-state index in [0.717, 1.165) is 33.4 Å². The number of allylic oxidation sites excluding steroid dienone is 2. The molecule has 6 nitrogen and oxygen atoms in total. The van der Waals surface area contributed by atoms with Gasteiger partial charge in [0.05, 0.1) is 59.7 Å². The highest BCUT2D eigenvalue weighted by atomic mass is 16.5. The van der Waals surface area contributed by atoms with Gasteiger partial charge < -0.3 is 14.8 Å². The van der Waals surface area contributed by atoms with Gasteiger partial charge >= 0.3 is 0 Å². The van der Waals surface area contributed by atoms with Crippen molar-refractivity contribution in [2.45, 2.75) is 19.8 Å². The minimum Gasteiger partial charge on any atom is -0.496 e. The van der Waals surface area contributed by atoms with Crippen molar-refractivity contribution in [1.82, 2.24) is 4.98 Å². The maximum absolute atomic E-state index is 10.0. The Morgan fingerprint density at radius 1 is 1.13 bits per heavy atom. The number of para-hydroxylation sites is 1. The molecule has 0 bridgehead atoms. The van der Waals surface area contributed by atoms with Crippen LogP contribution in [0.5, 0.6) is 11.6 Å². The molecule has 1 N–H and O–H groups in total. The van der Waals surface area contributed by atoms with Crippen LogP contribution in [0.2, 0.25) is 0 Å². The van der Waals surface area contributed by atoms with Crippen molar-refractivity contribution >= 4 is 16.6 Å². The molecule has 2 heterocycles. The van der Waals surface area contributed by atoms with E-state index < -0.39 is 5.92 Å². The van der Waals surface area contributed by atoms with Crippen LogP contribution in [0.15, 0.2) is 53.7 Å². The number of benzene rings is 2. The van der Waals surface area contributed by atoms with Gasteiger partial charge in [0.25, 0.3) is 0 Å².